The Hall–Kier alpha value is -1.58. The molecule has 0 saturated carbocycles. The van der Waals surface area contributed by atoms with Crippen molar-refractivity contribution in [2.45, 2.75) is 10.9 Å². The number of imide groups is 1. The summed E-state index contributed by atoms with van der Waals surface area (Å²) >= 11 is 0.954. The number of sulfonamides is 1. The Kier molecular flexibility index (Phi) is 3.87. The van der Waals surface area contributed by atoms with Crippen molar-refractivity contribution in [3.63, 3.8) is 0 Å². The average molecular weight is 342 g/mol. The number of benzene rings is 1. The second-order valence-electron chi connectivity index (χ2n) is 4.97. The van der Waals surface area contributed by atoms with Crippen LogP contribution in [0, 0.1) is 0 Å². The fourth-order valence-electron chi connectivity index (χ4n) is 2.40. The zero-order chi connectivity index (χ0) is 15.9. The summed E-state index contributed by atoms with van der Waals surface area (Å²) in [6.45, 7) is 0.273. The lowest BCUT2D eigenvalue weighted by atomic mass is 10.1. The molecular weight excluding hydrogens is 328 g/mol. The van der Waals surface area contributed by atoms with Gasteiger partial charge in [0, 0.05) is 19.2 Å². The van der Waals surface area contributed by atoms with Gasteiger partial charge in [-0.3, -0.25) is 14.5 Å². The van der Waals surface area contributed by atoms with Gasteiger partial charge in [0.15, 0.2) is 0 Å². The zero-order valence-corrected chi connectivity index (χ0v) is 13.4. The number of thioether (sulfide) groups is 1. The summed E-state index contributed by atoms with van der Waals surface area (Å²) in [6, 6.07) is 5.84. The van der Waals surface area contributed by atoms with E-state index in [9.17, 15) is 18.0 Å². The maximum absolute atomic E-state index is 12.5. The second-order valence-corrected chi connectivity index (χ2v) is 7.84. The Bertz CT molecular complexity index is 712. The standard InChI is InChI=1S/C13H14N2O5S2/c1-20-10-3-2-4-11(5-10)22(18,19)14-6-9(7-14)15-12(16)8-21-13(15)17/h2-5,9H,6-8H2,1H3. The fraction of sp³-hybridized carbons (Fsp3) is 0.385. The first-order chi connectivity index (χ1) is 10.4. The van der Waals surface area contributed by atoms with Gasteiger partial charge in [0.1, 0.15) is 5.75 Å². The van der Waals surface area contributed by atoms with Crippen molar-refractivity contribution >= 4 is 32.9 Å². The summed E-state index contributed by atoms with van der Waals surface area (Å²) in [7, 11) is -2.17. The molecule has 0 N–H and O–H groups in total. The van der Waals surface area contributed by atoms with Crippen LogP contribution in [0.3, 0.4) is 0 Å². The monoisotopic (exact) mass is 342 g/mol. The van der Waals surface area contributed by atoms with E-state index in [1.165, 1.54) is 28.4 Å². The minimum absolute atomic E-state index is 0.136. The number of carbonyl (C=O) groups is 2. The van der Waals surface area contributed by atoms with E-state index in [1.807, 2.05) is 0 Å². The van der Waals surface area contributed by atoms with Gasteiger partial charge in [0.25, 0.3) is 5.24 Å². The van der Waals surface area contributed by atoms with Gasteiger partial charge in [-0.2, -0.15) is 4.31 Å². The van der Waals surface area contributed by atoms with E-state index in [1.54, 1.807) is 12.1 Å². The predicted molar refractivity (Wildman–Crippen MR) is 80.2 cm³/mol. The van der Waals surface area contributed by atoms with Crippen LogP contribution in [0.2, 0.25) is 0 Å². The first kappa shape index (κ1) is 15.3. The van der Waals surface area contributed by atoms with E-state index in [2.05, 4.69) is 0 Å². The minimum Gasteiger partial charge on any atom is -0.497 e. The summed E-state index contributed by atoms with van der Waals surface area (Å²) in [5, 5.41) is -0.298. The highest BCUT2D eigenvalue weighted by molar-refractivity contribution is 8.14. The molecular formula is C13H14N2O5S2. The van der Waals surface area contributed by atoms with Crippen LogP contribution in [0.5, 0.6) is 5.75 Å². The largest absolute Gasteiger partial charge is 0.497 e. The Morgan fingerprint density at radius 2 is 2.00 bits per heavy atom. The quantitative estimate of drug-likeness (QED) is 0.803. The van der Waals surface area contributed by atoms with Crippen LogP contribution in [0.4, 0.5) is 4.79 Å². The van der Waals surface area contributed by atoms with Gasteiger partial charge in [-0.1, -0.05) is 17.8 Å². The normalized spacial score (nSPS) is 20.3. The molecule has 2 fully saturated rings. The molecule has 0 radical (unpaired) electrons. The number of hydrogen-bond acceptors (Lipinski definition) is 6. The number of amides is 2. The highest BCUT2D eigenvalue weighted by Crippen LogP contribution is 2.30. The van der Waals surface area contributed by atoms with Crippen LogP contribution in [-0.4, -0.2) is 60.8 Å². The van der Waals surface area contributed by atoms with Crippen LogP contribution in [-0.2, 0) is 14.8 Å². The van der Waals surface area contributed by atoms with Gasteiger partial charge in [0.2, 0.25) is 15.9 Å². The summed E-state index contributed by atoms with van der Waals surface area (Å²) in [5.74, 6) is 0.343. The summed E-state index contributed by atoms with van der Waals surface area (Å²) in [6.07, 6.45) is 0. The van der Waals surface area contributed by atoms with Gasteiger partial charge < -0.3 is 4.74 Å². The fourth-order valence-corrected chi connectivity index (χ4v) is 4.73. The number of carbonyl (C=O) groups excluding carboxylic acids is 2. The average Bonchev–Trinajstić information content (AvgIpc) is 2.78. The predicted octanol–water partition coefficient (Wildman–Crippen LogP) is 0.763. The van der Waals surface area contributed by atoms with Crippen LogP contribution in [0.25, 0.3) is 0 Å². The van der Waals surface area contributed by atoms with Gasteiger partial charge in [-0.25, -0.2) is 8.42 Å². The zero-order valence-electron chi connectivity index (χ0n) is 11.8. The Morgan fingerprint density at radius 1 is 1.27 bits per heavy atom. The molecule has 7 nitrogen and oxygen atoms in total. The third kappa shape index (κ3) is 2.49. The van der Waals surface area contributed by atoms with Crippen molar-refractivity contribution in [1.29, 1.82) is 0 Å². The SMILES string of the molecule is COc1cccc(S(=O)(=O)N2CC(N3C(=O)CSC3=O)C2)c1. The molecule has 3 rings (SSSR count). The smallest absolute Gasteiger partial charge is 0.289 e. The third-order valence-corrected chi connectivity index (χ3v) is 6.32. The van der Waals surface area contributed by atoms with E-state index in [0.717, 1.165) is 11.8 Å². The topological polar surface area (TPSA) is 84.0 Å². The molecule has 1 aromatic rings. The minimum atomic E-state index is -3.63. The Morgan fingerprint density at radius 3 is 2.59 bits per heavy atom. The highest BCUT2D eigenvalue weighted by Gasteiger charge is 2.45. The van der Waals surface area contributed by atoms with Gasteiger partial charge in [-0.05, 0) is 12.1 Å². The molecule has 0 aliphatic carbocycles. The Balaban J connectivity index is 1.73. The number of rotatable bonds is 4. The lowest BCUT2D eigenvalue weighted by Crippen LogP contribution is -2.61. The van der Waals surface area contributed by atoms with Gasteiger partial charge in [0.05, 0.1) is 23.8 Å². The van der Waals surface area contributed by atoms with Crippen molar-refractivity contribution in [3.8, 4) is 5.75 Å². The molecule has 0 atom stereocenters. The number of methoxy groups -OCH3 is 1. The van der Waals surface area contributed by atoms with Crippen molar-refractivity contribution in [2.24, 2.45) is 0 Å². The van der Waals surface area contributed by atoms with Gasteiger partial charge in [-0.15, -0.1) is 0 Å². The van der Waals surface area contributed by atoms with Crippen LogP contribution in [0.15, 0.2) is 29.2 Å². The van der Waals surface area contributed by atoms with E-state index in [4.69, 9.17) is 4.74 Å². The molecule has 118 valence electrons. The van der Waals surface area contributed by atoms with E-state index in [0.29, 0.717) is 5.75 Å². The molecule has 0 unspecified atom stereocenters. The first-order valence-electron chi connectivity index (χ1n) is 6.56. The van der Waals surface area contributed by atoms with Crippen molar-refractivity contribution in [3.05, 3.63) is 24.3 Å². The molecule has 2 amide bonds. The van der Waals surface area contributed by atoms with Crippen LogP contribution < -0.4 is 4.74 Å². The number of nitrogens with zero attached hydrogens (tertiary/aromatic N) is 2. The molecule has 1 aromatic carbocycles. The van der Waals surface area contributed by atoms with Crippen LogP contribution >= 0.6 is 11.8 Å². The first-order valence-corrected chi connectivity index (χ1v) is 8.99. The van der Waals surface area contributed by atoms with Crippen molar-refractivity contribution < 1.29 is 22.7 Å². The highest BCUT2D eigenvalue weighted by atomic mass is 32.2. The molecule has 0 bridgehead atoms. The maximum Gasteiger partial charge on any atom is 0.289 e. The van der Waals surface area contributed by atoms with Crippen molar-refractivity contribution in [1.82, 2.24) is 9.21 Å². The molecule has 22 heavy (non-hydrogen) atoms. The van der Waals surface area contributed by atoms with E-state index >= 15 is 0 Å². The molecule has 2 saturated heterocycles. The summed E-state index contributed by atoms with van der Waals surface area (Å²) in [5.41, 5.74) is 0. The van der Waals surface area contributed by atoms with Crippen molar-refractivity contribution in [2.75, 3.05) is 26.0 Å². The Labute approximate surface area is 132 Å². The lowest BCUT2D eigenvalue weighted by Gasteiger charge is -2.41. The van der Waals surface area contributed by atoms with E-state index in [-0.39, 0.29) is 40.9 Å². The van der Waals surface area contributed by atoms with Gasteiger partial charge >= 0.3 is 0 Å². The number of ether oxygens (including phenoxy) is 1. The molecule has 2 aliphatic heterocycles. The molecule has 2 aliphatic rings. The molecule has 2 heterocycles. The van der Waals surface area contributed by atoms with E-state index < -0.39 is 10.0 Å². The summed E-state index contributed by atoms with van der Waals surface area (Å²) < 4.78 is 31.3. The third-order valence-electron chi connectivity index (χ3n) is 3.66. The summed E-state index contributed by atoms with van der Waals surface area (Å²) in [4.78, 5) is 24.5. The van der Waals surface area contributed by atoms with Crippen LogP contribution in [0.1, 0.15) is 0 Å². The molecule has 0 spiro atoms. The number of hydrogen-bond donors (Lipinski definition) is 0. The maximum atomic E-state index is 12.5. The molecule has 9 heteroatoms. The lowest BCUT2D eigenvalue weighted by molar-refractivity contribution is -0.127. The second kappa shape index (κ2) is 5.56. The molecule has 0 aromatic heterocycles.